The predicted octanol–water partition coefficient (Wildman–Crippen LogP) is 4.34. The molecule has 0 radical (unpaired) electrons. The SMILES string of the molecule is CCCCOc1ccc(C(O)=C2C(=O)C(=O)N(CCCN3CCOCC3)[C@@H]2c2cc(OC)c(OC)c(OC)c2)c(C)c1. The fourth-order valence-corrected chi connectivity index (χ4v) is 5.48. The van der Waals surface area contributed by atoms with Crippen molar-refractivity contribution in [3.63, 3.8) is 0 Å². The van der Waals surface area contributed by atoms with Gasteiger partial charge in [-0.05, 0) is 61.2 Å². The van der Waals surface area contributed by atoms with Crippen molar-refractivity contribution in [1.82, 2.24) is 9.80 Å². The van der Waals surface area contributed by atoms with Gasteiger partial charge in [0.1, 0.15) is 11.5 Å². The van der Waals surface area contributed by atoms with Crippen molar-refractivity contribution in [1.29, 1.82) is 0 Å². The molecule has 2 heterocycles. The van der Waals surface area contributed by atoms with Gasteiger partial charge in [-0.1, -0.05) is 13.3 Å². The normalized spacial score (nSPS) is 18.8. The Morgan fingerprint density at radius 2 is 1.67 bits per heavy atom. The van der Waals surface area contributed by atoms with Crippen molar-refractivity contribution >= 4 is 17.4 Å². The summed E-state index contributed by atoms with van der Waals surface area (Å²) in [5.74, 6) is 0.214. The summed E-state index contributed by atoms with van der Waals surface area (Å²) in [4.78, 5) is 31.0. The van der Waals surface area contributed by atoms with Crippen LogP contribution in [0.5, 0.6) is 23.0 Å². The predicted molar refractivity (Wildman–Crippen MR) is 159 cm³/mol. The Morgan fingerprint density at radius 3 is 2.26 bits per heavy atom. The summed E-state index contributed by atoms with van der Waals surface area (Å²) in [6, 6.07) is 7.91. The molecule has 2 aromatic rings. The van der Waals surface area contributed by atoms with Gasteiger partial charge in [-0.3, -0.25) is 14.5 Å². The molecule has 0 bridgehead atoms. The number of rotatable bonds is 13. The van der Waals surface area contributed by atoms with E-state index < -0.39 is 17.7 Å². The smallest absolute Gasteiger partial charge is 0.295 e. The van der Waals surface area contributed by atoms with E-state index in [1.807, 2.05) is 13.0 Å². The number of aliphatic hydroxyl groups is 1. The first-order valence-corrected chi connectivity index (χ1v) is 14.5. The number of benzene rings is 2. The number of hydrogen-bond donors (Lipinski definition) is 1. The summed E-state index contributed by atoms with van der Waals surface area (Å²) in [5, 5.41) is 11.7. The number of amides is 1. The Kier molecular flexibility index (Phi) is 10.7. The first-order chi connectivity index (χ1) is 20.3. The van der Waals surface area contributed by atoms with Crippen molar-refractivity contribution in [3.05, 3.63) is 52.6 Å². The third-order valence-corrected chi connectivity index (χ3v) is 7.74. The number of carbonyl (C=O) groups is 2. The number of nitrogens with zero attached hydrogens (tertiary/aromatic N) is 2. The molecule has 2 aliphatic rings. The van der Waals surface area contributed by atoms with E-state index in [4.69, 9.17) is 23.7 Å². The average molecular weight is 583 g/mol. The molecule has 2 saturated heterocycles. The highest BCUT2D eigenvalue weighted by atomic mass is 16.5. The van der Waals surface area contributed by atoms with Gasteiger partial charge in [-0.2, -0.15) is 0 Å². The number of aryl methyl sites for hydroxylation is 1. The topological polar surface area (TPSA) is 107 Å². The van der Waals surface area contributed by atoms with E-state index in [1.165, 1.54) is 26.2 Å². The number of ketones is 1. The Labute approximate surface area is 247 Å². The maximum Gasteiger partial charge on any atom is 0.295 e. The van der Waals surface area contributed by atoms with Crippen LogP contribution in [0, 0.1) is 6.92 Å². The van der Waals surface area contributed by atoms with Crippen LogP contribution >= 0.6 is 0 Å². The highest BCUT2D eigenvalue weighted by Crippen LogP contribution is 2.46. The van der Waals surface area contributed by atoms with Crippen LogP contribution in [0.4, 0.5) is 0 Å². The second kappa shape index (κ2) is 14.4. The lowest BCUT2D eigenvalue weighted by Crippen LogP contribution is -2.39. The number of aliphatic hydroxyl groups excluding tert-OH is 1. The van der Waals surface area contributed by atoms with Gasteiger partial charge >= 0.3 is 0 Å². The van der Waals surface area contributed by atoms with Crippen LogP contribution < -0.4 is 18.9 Å². The summed E-state index contributed by atoms with van der Waals surface area (Å²) in [7, 11) is 4.53. The summed E-state index contributed by atoms with van der Waals surface area (Å²) in [5.41, 5.74) is 1.77. The molecule has 228 valence electrons. The Bertz CT molecular complexity index is 1280. The maximum atomic E-state index is 13.6. The summed E-state index contributed by atoms with van der Waals surface area (Å²) >= 11 is 0. The van der Waals surface area contributed by atoms with Crippen LogP contribution in [0.15, 0.2) is 35.9 Å². The van der Waals surface area contributed by atoms with Crippen molar-refractivity contribution in [2.45, 2.75) is 39.2 Å². The molecule has 1 N–H and O–H groups in total. The van der Waals surface area contributed by atoms with E-state index in [2.05, 4.69) is 11.8 Å². The molecular formula is C32H42N2O8. The molecule has 0 aromatic heterocycles. The second-order valence-electron chi connectivity index (χ2n) is 10.4. The molecule has 10 nitrogen and oxygen atoms in total. The number of hydrogen-bond acceptors (Lipinski definition) is 9. The molecule has 4 rings (SSSR count). The first kappa shape index (κ1) is 31.2. The third-order valence-electron chi connectivity index (χ3n) is 7.74. The standard InChI is InChI=1S/C32H42N2O8/c1-6-7-15-42-23-9-10-24(21(2)18-23)29(35)27-28(22-19-25(38-3)31(40-5)26(20-22)39-4)34(32(37)30(27)36)12-8-11-33-13-16-41-17-14-33/h9-10,18-20,28,35H,6-8,11-17H2,1-5H3/t28-/m1/s1. The highest BCUT2D eigenvalue weighted by molar-refractivity contribution is 6.46. The molecule has 42 heavy (non-hydrogen) atoms. The molecule has 2 aliphatic heterocycles. The van der Waals surface area contributed by atoms with E-state index in [1.54, 1.807) is 24.3 Å². The summed E-state index contributed by atoms with van der Waals surface area (Å²) in [6.45, 7) is 8.62. The van der Waals surface area contributed by atoms with Crippen molar-refractivity contribution in [2.24, 2.45) is 0 Å². The van der Waals surface area contributed by atoms with Crippen LogP contribution in [0.3, 0.4) is 0 Å². The van der Waals surface area contributed by atoms with Gasteiger partial charge in [0.15, 0.2) is 11.5 Å². The first-order valence-electron chi connectivity index (χ1n) is 14.5. The lowest BCUT2D eigenvalue weighted by molar-refractivity contribution is -0.140. The Hall–Kier alpha value is -3.76. The van der Waals surface area contributed by atoms with Crippen LogP contribution in [0.1, 0.15) is 48.9 Å². The fourth-order valence-electron chi connectivity index (χ4n) is 5.48. The third kappa shape index (κ3) is 6.65. The van der Waals surface area contributed by atoms with Gasteiger partial charge in [0.05, 0.1) is 52.8 Å². The number of methoxy groups -OCH3 is 3. The van der Waals surface area contributed by atoms with Crippen LogP contribution in [-0.2, 0) is 14.3 Å². The lowest BCUT2D eigenvalue weighted by atomic mass is 9.93. The van der Waals surface area contributed by atoms with Crippen LogP contribution in [0.25, 0.3) is 5.76 Å². The summed E-state index contributed by atoms with van der Waals surface area (Å²) in [6.07, 6.45) is 2.60. The molecule has 1 amide bonds. The minimum Gasteiger partial charge on any atom is -0.507 e. The molecule has 2 fully saturated rings. The van der Waals surface area contributed by atoms with Gasteiger partial charge in [0.2, 0.25) is 5.75 Å². The van der Waals surface area contributed by atoms with Gasteiger partial charge in [0.25, 0.3) is 11.7 Å². The largest absolute Gasteiger partial charge is 0.507 e. The minimum absolute atomic E-state index is 0.0170. The van der Waals surface area contributed by atoms with Gasteiger partial charge in [-0.15, -0.1) is 0 Å². The van der Waals surface area contributed by atoms with E-state index in [9.17, 15) is 14.7 Å². The molecule has 10 heteroatoms. The van der Waals surface area contributed by atoms with Gasteiger partial charge in [-0.25, -0.2) is 0 Å². The van der Waals surface area contributed by atoms with Gasteiger partial charge < -0.3 is 33.7 Å². The molecule has 0 aliphatic carbocycles. The Morgan fingerprint density at radius 1 is 0.976 bits per heavy atom. The minimum atomic E-state index is -0.858. The number of unbranched alkanes of at least 4 members (excludes halogenated alkanes) is 1. The quantitative estimate of drug-likeness (QED) is 0.160. The van der Waals surface area contributed by atoms with Crippen molar-refractivity contribution in [3.8, 4) is 23.0 Å². The average Bonchev–Trinajstić information content (AvgIpc) is 3.25. The molecule has 0 unspecified atom stereocenters. The molecule has 0 saturated carbocycles. The van der Waals surface area contributed by atoms with E-state index in [0.29, 0.717) is 66.9 Å². The summed E-state index contributed by atoms with van der Waals surface area (Å²) < 4.78 is 27.9. The van der Waals surface area contributed by atoms with Gasteiger partial charge in [0, 0.05) is 31.7 Å². The zero-order valence-corrected chi connectivity index (χ0v) is 25.2. The number of likely N-dealkylation sites (tertiary alicyclic amines) is 1. The maximum absolute atomic E-state index is 13.6. The molecule has 1 atom stereocenters. The monoisotopic (exact) mass is 582 g/mol. The number of morpholine rings is 1. The van der Waals surface area contributed by atoms with Crippen LogP contribution in [-0.4, -0.2) is 93.9 Å². The number of Topliss-reactive ketones (excluding diaryl/α,β-unsaturated/α-hetero) is 1. The fraction of sp³-hybridized carbons (Fsp3) is 0.500. The number of carbonyl (C=O) groups excluding carboxylic acids is 2. The molecule has 0 spiro atoms. The van der Waals surface area contributed by atoms with E-state index in [-0.39, 0.29) is 11.3 Å². The van der Waals surface area contributed by atoms with Crippen molar-refractivity contribution in [2.75, 3.05) is 67.3 Å². The zero-order chi connectivity index (χ0) is 30.2. The number of ether oxygens (including phenoxy) is 5. The van der Waals surface area contributed by atoms with Crippen molar-refractivity contribution < 1.29 is 38.4 Å². The van der Waals surface area contributed by atoms with Crippen LogP contribution in [0.2, 0.25) is 0 Å². The second-order valence-corrected chi connectivity index (χ2v) is 10.4. The molecular weight excluding hydrogens is 540 g/mol. The Balaban J connectivity index is 1.76. The lowest BCUT2D eigenvalue weighted by Gasteiger charge is -2.29. The highest BCUT2D eigenvalue weighted by Gasteiger charge is 2.46. The van der Waals surface area contributed by atoms with E-state index in [0.717, 1.165) is 38.0 Å². The van der Waals surface area contributed by atoms with E-state index >= 15 is 0 Å². The molecule has 2 aromatic carbocycles. The zero-order valence-electron chi connectivity index (χ0n) is 25.2.